The zero-order valence-corrected chi connectivity index (χ0v) is 35.9. The summed E-state index contributed by atoms with van der Waals surface area (Å²) in [7, 11) is -4.73. The Morgan fingerprint density at radius 1 is 0.571 bits per heavy atom. The van der Waals surface area contributed by atoms with Crippen molar-refractivity contribution < 1.29 is 47.5 Å². The number of phosphoric ester groups is 1. The van der Waals surface area contributed by atoms with Crippen LogP contribution < -0.4 is 5.73 Å². The highest BCUT2D eigenvalue weighted by atomic mass is 31.2. The highest BCUT2D eigenvalue weighted by molar-refractivity contribution is 7.47. The lowest BCUT2D eigenvalue weighted by Crippen LogP contribution is -2.34. The fourth-order valence-corrected chi connectivity index (χ4v) is 6.42. The van der Waals surface area contributed by atoms with Gasteiger partial charge in [0.2, 0.25) is 0 Å². The number of phosphoric acid groups is 1. The molecule has 0 aliphatic carbocycles. The van der Waals surface area contributed by atoms with Crippen LogP contribution in [0.15, 0.2) is 48.6 Å². The minimum Gasteiger partial charge on any atom is -0.480 e. The summed E-state index contributed by atoms with van der Waals surface area (Å²) in [6.45, 7) is 2.70. The second-order valence-corrected chi connectivity index (χ2v) is 16.0. The van der Waals surface area contributed by atoms with Crippen molar-refractivity contribution >= 4 is 25.7 Å². The van der Waals surface area contributed by atoms with Crippen molar-refractivity contribution in [2.24, 2.45) is 5.73 Å². The molecule has 0 bridgehead atoms. The third kappa shape index (κ3) is 38.3. The van der Waals surface area contributed by atoms with Crippen LogP contribution in [0.4, 0.5) is 0 Å². The SMILES string of the molecule is CCCCC/C=C/C=C/CCCCCCCCCCCCC(=O)OCC(COP(=O)(O)OC[C@@H](N)C(=O)O)OC(=O)CC/C=C/C/C=C/CCCCCCCC. The molecule has 0 heterocycles. The van der Waals surface area contributed by atoms with Crippen molar-refractivity contribution in [3.8, 4) is 0 Å². The average Bonchev–Trinajstić information content (AvgIpc) is 3.17. The van der Waals surface area contributed by atoms with Crippen LogP contribution in [0.3, 0.4) is 0 Å². The molecular weight excluding hydrogens is 733 g/mol. The number of nitrogens with two attached hydrogens (primary N) is 1. The first kappa shape index (κ1) is 53.4. The number of hydrogen-bond acceptors (Lipinski definition) is 9. The summed E-state index contributed by atoms with van der Waals surface area (Å²) in [6.07, 6.45) is 43.4. The maximum atomic E-state index is 12.6. The molecule has 0 amide bonds. The number of esters is 2. The van der Waals surface area contributed by atoms with E-state index in [0.29, 0.717) is 12.8 Å². The molecule has 12 heteroatoms. The van der Waals surface area contributed by atoms with Gasteiger partial charge in [-0.15, -0.1) is 0 Å². The van der Waals surface area contributed by atoms with Crippen LogP contribution in [0.2, 0.25) is 0 Å². The molecular formula is C44H78NO10P. The summed E-state index contributed by atoms with van der Waals surface area (Å²) < 4.78 is 32.6. The van der Waals surface area contributed by atoms with Gasteiger partial charge in [0.1, 0.15) is 12.6 Å². The molecule has 3 atom stereocenters. The number of rotatable bonds is 40. The molecule has 0 aliphatic rings. The largest absolute Gasteiger partial charge is 0.480 e. The molecule has 0 saturated heterocycles. The Morgan fingerprint density at radius 2 is 1.04 bits per heavy atom. The Kier molecular flexibility index (Phi) is 37.5. The molecule has 0 spiro atoms. The van der Waals surface area contributed by atoms with Crippen molar-refractivity contribution in [1.29, 1.82) is 0 Å². The van der Waals surface area contributed by atoms with Gasteiger partial charge in [-0.3, -0.25) is 23.4 Å². The van der Waals surface area contributed by atoms with E-state index in [4.69, 9.17) is 24.8 Å². The molecule has 0 rings (SSSR count). The predicted molar refractivity (Wildman–Crippen MR) is 226 cm³/mol. The van der Waals surface area contributed by atoms with Crippen LogP contribution in [0.5, 0.6) is 0 Å². The average molecular weight is 812 g/mol. The molecule has 0 aromatic rings. The third-order valence-corrected chi connectivity index (χ3v) is 10.0. The fraction of sp³-hybridized carbons (Fsp3) is 0.750. The number of carbonyl (C=O) groups excluding carboxylic acids is 2. The van der Waals surface area contributed by atoms with E-state index in [1.807, 2.05) is 12.2 Å². The molecule has 4 N–H and O–H groups in total. The monoisotopic (exact) mass is 812 g/mol. The molecule has 0 saturated carbocycles. The maximum absolute atomic E-state index is 12.6. The van der Waals surface area contributed by atoms with Crippen LogP contribution >= 0.6 is 7.82 Å². The van der Waals surface area contributed by atoms with Crippen molar-refractivity contribution in [3.63, 3.8) is 0 Å². The Labute approximate surface area is 339 Å². The zero-order valence-electron chi connectivity index (χ0n) is 35.0. The Morgan fingerprint density at radius 3 is 1.61 bits per heavy atom. The van der Waals surface area contributed by atoms with Gasteiger partial charge in [0.15, 0.2) is 6.10 Å². The Bertz CT molecular complexity index is 1140. The maximum Gasteiger partial charge on any atom is 0.472 e. The van der Waals surface area contributed by atoms with Gasteiger partial charge in [-0.1, -0.05) is 159 Å². The van der Waals surface area contributed by atoms with Gasteiger partial charge in [0.05, 0.1) is 13.2 Å². The standard InChI is InChI=1S/C44H78NO10P/c1-3-5-7-9-11-13-15-17-18-19-20-21-22-24-25-27-29-31-33-35-42(46)52-37-40(38-53-56(50,51)54-39-41(45)44(48)49)55-43(47)36-34-32-30-28-26-23-16-14-12-10-8-6-4-2/h11,13,15,17,23,26,30,32,40-41H,3-10,12,14,16,18-22,24-25,27-29,31,33-39,45H2,1-2H3,(H,48,49)(H,50,51)/b13-11+,17-15+,26-23+,32-30+/t40?,41-/m1/s1. The summed E-state index contributed by atoms with van der Waals surface area (Å²) in [5.41, 5.74) is 5.32. The number of ether oxygens (including phenoxy) is 2. The van der Waals surface area contributed by atoms with Gasteiger partial charge in [-0.05, 0) is 57.8 Å². The highest BCUT2D eigenvalue weighted by Gasteiger charge is 2.28. The molecule has 56 heavy (non-hydrogen) atoms. The molecule has 0 aromatic carbocycles. The minimum absolute atomic E-state index is 0.0537. The third-order valence-electron chi connectivity index (χ3n) is 9.09. The van der Waals surface area contributed by atoms with E-state index in [2.05, 4.69) is 54.8 Å². The van der Waals surface area contributed by atoms with E-state index < -0.39 is 51.1 Å². The summed E-state index contributed by atoms with van der Waals surface area (Å²) >= 11 is 0. The normalized spacial score (nSPS) is 14.2. The van der Waals surface area contributed by atoms with Gasteiger partial charge in [0.25, 0.3) is 0 Å². The summed E-state index contributed by atoms with van der Waals surface area (Å²) in [5.74, 6) is -2.47. The van der Waals surface area contributed by atoms with Crippen molar-refractivity contribution in [2.45, 2.75) is 193 Å². The Hall–Kier alpha value is -2.56. The molecule has 11 nitrogen and oxygen atoms in total. The van der Waals surface area contributed by atoms with E-state index in [1.165, 1.54) is 103 Å². The molecule has 0 aliphatic heterocycles. The Balaban J connectivity index is 4.39. The number of carbonyl (C=O) groups is 3. The number of carboxylic acids is 1. The lowest BCUT2D eigenvalue weighted by molar-refractivity contribution is -0.161. The first-order chi connectivity index (χ1) is 27.1. The van der Waals surface area contributed by atoms with E-state index in [9.17, 15) is 23.8 Å². The summed E-state index contributed by atoms with van der Waals surface area (Å²) in [5, 5.41) is 8.88. The zero-order chi connectivity index (χ0) is 41.4. The van der Waals surface area contributed by atoms with Gasteiger partial charge in [-0.2, -0.15) is 0 Å². The van der Waals surface area contributed by atoms with Gasteiger partial charge in [-0.25, -0.2) is 4.57 Å². The first-order valence-corrected chi connectivity index (χ1v) is 23.2. The van der Waals surface area contributed by atoms with Gasteiger partial charge < -0.3 is 25.2 Å². The summed E-state index contributed by atoms with van der Waals surface area (Å²) in [6, 6.07) is -1.53. The smallest absolute Gasteiger partial charge is 0.472 e. The minimum atomic E-state index is -4.73. The number of unbranched alkanes of at least 4 members (excludes halogenated alkanes) is 19. The molecule has 2 unspecified atom stereocenters. The quantitative estimate of drug-likeness (QED) is 0.0177. The summed E-state index contributed by atoms with van der Waals surface area (Å²) in [4.78, 5) is 45.9. The number of hydrogen-bond donors (Lipinski definition) is 3. The van der Waals surface area contributed by atoms with Crippen LogP contribution in [0.25, 0.3) is 0 Å². The van der Waals surface area contributed by atoms with Gasteiger partial charge >= 0.3 is 25.7 Å². The van der Waals surface area contributed by atoms with Crippen molar-refractivity contribution in [2.75, 3.05) is 19.8 Å². The van der Waals surface area contributed by atoms with Crippen molar-refractivity contribution in [1.82, 2.24) is 0 Å². The second kappa shape index (κ2) is 39.3. The number of carboxylic acid groups (broad SMARTS) is 1. The highest BCUT2D eigenvalue weighted by Crippen LogP contribution is 2.43. The van der Waals surface area contributed by atoms with E-state index in [-0.39, 0.29) is 19.4 Å². The molecule has 0 fully saturated rings. The van der Waals surface area contributed by atoms with E-state index in [0.717, 1.165) is 38.5 Å². The van der Waals surface area contributed by atoms with Crippen LogP contribution in [-0.4, -0.2) is 59.9 Å². The lowest BCUT2D eigenvalue weighted by atomic mass is 10.1. The molecule has 0 aromatic heterocycles. The predicted octanol–water partition coefficient (Wildman–Crippen LogP) is 11.4. The van der Waals surface area contributed by atoms with Crippen molar-refractivity contribution in [3.05, 3.63) is 48.6 Å². The van der Waals surface area contributed by atoms with Crippen LogP contribution in [0.1, 0.15) is 181 Å². The second-order valence-electron chi connectivity index (χ2n) is 14.5. The topological polar surface area (TPSA) is 172 Å². The van der Waals surface area contributed by atoms with E-state index in [1.54, 1.807) is 0 Å². The van der Waals surface area contributed by atoms with Gasteiger partial charge in [0, 0.05) is 12.8 Å². The van der Waals surface area contributed by atoms with Crippen LogP contribution in [0, 0.1) is 0 Å². The molecule has 324 valence electrons. The van der Waals surface area contributed by atoms with E-state index >= 15 is 0 Å². The molecule has 0 radical (unpaired) electrons. The number of aliphatic carboxylic acids is 1. The lowest BCUT2D eigenvalue weighted by Gasteiger charge is -2.20. The number of allylic oxidation sites excluding steroid dienone is 8. The first-order valence-electron chi connectivity index (χ1n) is 21.7. The fourth-order valence-electron chi connectivity index (χ4n) is 5.64. The van der Waals surface area contributed by atoms with Crippen LogP contribution in [-0.2, 0) is 37.5 Å².